The molecule has 0 radical (unpaired) electrons. The van der Waals surface area contributed by atoms with Gasteiger partial charge in [-0.3, -0.25) is 4.90 Å². The Balaban J connectivity index is 1.87. The second-order valence-electron chi connectivity index (χ2n) is 6.44. The summed E-state index contributed by atoms with van der Waals surface area (Å²) in [6, 6.07) is 0. The maximum Gasteiger partial charge on any atom is 0.410 e. The highest BCUT2D eigenvalue weighted by Gasteiger charge is 2.49. The van der Waals surface area contributed by atoms with Gasteiger partial charge in [-0.05, 0) is 47.2 Å². The summed E-state index contributed by atoms with van der Waals surface area (Å²) in [5, 5.41) is 0. The summed E-state index contributed by atoms with van der Waals surface area (Å²) in [4.78, 5) is 16.1. The number of carbonyl (C=O) groups is 1. The van der Waals surface area contributed by atoms with E-state index >= 15 is 0 Å². The van der Waals surface area contributed by atoms with Crippen LogP contribution in [0.25, 0.3) is 0 Å². The number of hydrogen-bond donors (Lipinski definition) is 0. The maximum absolute atomic E-state index is 11.9. The van der Waals surface area contributed by atoms with Crippen LogP contribution in [0.2, 0.25) is 0 Å². The number of hydrogen-bond acceptors (Lipinski definition) is 3. The van der Waals surface area contributed by atoms with E-state index in [1.54, 1.807) is 0 Å². The van der Waals surface area contributed by atoms with Crippen molar-refractivity contribution in [2.75, 3.05) is 26.7 Å². The molecule has 2 saturated heterocycles. The third-order valence-corrected chi connectivity index (χ3v) is 3.82. The number of amides is 1. The molecule has 2 rings (SSSR count). The Bertz CT molecular complexity index is 303. The Morgan fingerprint density at radius 3 is 2.41 bits per heavy atom. The molecule has 4 heteroatoms. The number of carbonyl (C=O) groups excluding carboxylic acids is 1. The number of piperidine rings is 1. The van der Waals surface area contributed by atoms with Gasteiger partial charge in [0.15, 0.2) is 0 Å². The molecular weight excluding hydrogens is 216 g/mol. The molecule has 98 valence electrons. The van der Waals surface area contributed by atoms with Crippen LogP contribution in [-0.4, -0.2) is 53.7 Å². The summed E-state index contributed by atoms with van der Waals surface area (Å²) in [6.07, 6.45) is 3.61. The molecule has 0 aliphatic carbocycles. The summed E-state index contributed by atoms with van der Waals surface area (Å²) < 4.78 is 5.38. The second-order valence-corrected chi connectivity index (χ2v) is 6.44. The minimum absolute atomic E-state index is 0.165. The highest BCUT2D eigenvalue weighted by atomic mass is 16.6. The molecule has 0 unspecified atom stereocenters. The van der Waals surface area contributed by atoms with Gasteiger partial charge in [-0.25, -0.2) is 4.79 Å². The predicted molar refractivity (Wildman–Crippen MR) is 67.0 cm³/mol. The molecule has 2 heterocycles. The average molecular weight is 240 g/mol. The van der Waals surface area contributed by atoms with Crippen molar-refractivity contribution in [3.63, 3.8) is 0 Å². The van der Waals surface area contributed by atoms with E-state index in [9.17, 15) is 4.79 Å². The molecule has 1 amide bonds. The van der Waals surface area contributed by atoms with Gasteiger partial charge < -0.3 is 9.64 Å². The molecule has 0 aromatic heterocycles. The van der Waals surface area contributed by atoms with E-state index in [4.69, 9.17) is 4.74 Å². The van der Waals surface area contributed by atoms with E-state index in [0.717, 1.165) is 19.6 Å². The van der Waals surface area contributed by atoms with Crippen molar-refractivity contribution in [2.45, 2.75) is 51.2 Å². The molecule has 1 spiro atoms. The van der Waals surface area contributed by atoms with Gasteiger partial charge in [-0.1, -0.05) is 6.42 Å². The summed E-state index contributed by atoms with van der Waals surface area (Å²) in [5.74, 6) is 0. The van der Waals surface area contributed by atoms with Crippen LogP contribution in [0.1, 0.15) is 40.0 Å². The first-order valence-corrected chi connectivity index (χ1v) is 6.52. The molecule has 17 heavy (non-hydrogen) atoms. The Labute approximate surface area is 104 Å². The summed E-state index contributed by atoms with van der Waals surface area (Å²) in [5.41, 5.74) is -0.145. The number of likely N-dealkylation sites (N-methyl/N-ethyl adjacent to an activating group) is 1. The summed E-state index contributed by atoms with van der Waals surface area (Å²) >= 11 is 0. The monoisotopic (exact) mass is 240 g/mol. The van der Waals surface area contributed by atoms with E-state index in [0.29, 0.717) is 0 Å². The quantitative estimate of drug-likeness (QED) is 0.650. The van der Waals surface area contributed by atoms with Crippen LogP contribution in [0.5, 0.6) is 0 Å². The number of nitrogens with zero attached hydrogens (tertiary/aromatic N) is 2. The van der Waals surface area contributed by atoms with Gasteiger partial charge in [0.1, 0.15) is 5.60 Å². The largest absolute Gasteiger partial charge is 0.444 e. The van der Waals surface area contributed by atoms with E-state index in [1.807, 2.05) is 25.7 Å². The molecular formula is C13H24N2O2. The van der Waals surface area contributed by atoms with Crippen LogP contribution in [0, 0.1) is 0 Å². The fourth-order valence-electron chi connectivity index (χ4n) is 2.75. The molecule has 0 saturated carbocycles. The minimum atomic E-state index is -0.391. The van der Waals surface area contributed by atoms with Crippen molar-refractivity contribution >= 4 is 6.09 Å². The third-order valence-electron chi connectivity index (χ3n) is 3.82. The van der Waals surface area contributed by atoms with Crippen molar-refractivity contribution in [3.05, 3.63) is 0 Å². The zero-order valence-corrected chi connectivity index (χ0v) is 11.5. The van der Waals surface area contributed by atoms with E-state index in [1.165, 1.54) is 19.3 Å². The molecule has 0 aromatic rings. The molecule has 0 bridgehead atoms. The van der Waals surface area contributed by atoms with Crippen LogP contribution in [0.3, 0.4) is 0 Å². The standard InChI is InChI=1S/C13H24N2O2/c1-12(2,3)17-11(16)15-9-13(10-15)7-5-6-8-14(13)4/h5-10H2,1-4H3. The number of ether oxygens (including phenoxy) is 1. The first-order valence-electron chi connectivity index (χ1n) is 6.52. The lowest BCUT2D eigenvalue weighted by molar-refractivity contribution is -0.0712. The topological polar surface area (TPSA) is 32.8 Å². The van der Waals surface area contributed by atoms with Gasteiger partial charge in [0, 0.05) is 13.1 Å². The van der Waals surface area contributed by atoms with E-state index in [2.05, 4.69) is 11.9 Å². The molecule has 2 aliphatic rings. The smallest absolute Gasteiger partial charge is 0.410 e. The third kappa shape index (κ3) is 2.57. The Hall–Kier alpha value is -0.770. The first kappa shape index (κ1) is 12.7. The van der Waals surface area contributed by atoms with Gasteiger partial charge in [0.05, 0.1) is 5.54 Å². The number of rotatable bonds is 0. The van der Waals surface area contributed by atoms with E-state index in [-0.39, 0.29) is 11.6 Å². The average Bonchev–Trinajstić information content (AvgIpc) is 2.12. The second kappa shape index (κ2) is 4.16. The van der Waals surface area contributed by atoms with Crippen molar-refractivity contribution in [3.8, 4) is 0 Å². The molecule has 0 N–H and O–H groups in total. The lowest BCUT2D eigenvalue weighted by Crippen LogP contribution is -2.71. The minimum Gasteiger partial charge on any atom is -0.444 e. The summed E-state index contributed by atoms with van der Waals surface area (Å²) in [7, 11) is 2.17. The first-order chi connectivity index (χ1) is 7.82. The Morgan fingerprint density at radius 2 is 1.88 bits per heavy atom. The Morgan fingerprint density at radius 1 is 1.24 bits per heavy atom. The highest BCUT2D eigenvalue weighted by Crippen LogP contribution is 2.36. The van der Waals surface area contributed by atoms with Crippen LogP contribution in [-0.2, 0) is 4.74 Å². The van der Waals surface area contributed by atoms with Gasteiger partial charge in [-0.15, -0.1) is 0 Å². The molecule has 2 fully saturated rings. The van der Waals surface area contributed by atoms with Gasteiger partial charge >= 0.3 is 6.09 Å². The molecule has 2 aliphatic heterocycles. The molecule has 4 nitrogen and oxygen atoms in total. The van der Waals surface area contributed by atoms with Crippen LogP contribution < -0.4 is 0 Å². The fourth-order valence-corrected chi connectivity index (χ4v) is 2.75. The zero-order chi connectivity index (χ0) is 12.7. The zero-order valence-electron chi connectivity index (χ0n) is 11.5. The highest BCUT2D eigenvalue weighted by molar-refractivity contribution is 5.69. The van der Waals surface area contributed by atoms with Gasteiger partial charge in [0.2, 0.25) is 0 Å². The van der Waals surface area contributed by atoms with Gasteiger partial charge in [0.25, 0.3) is 0 Å². The van der Waals surface area contributed by atoms with Crippen molar-refractivity contribution in [2.24, 2.45) is 0 Å². The molecule has 0 aromatic carbocycles. The SMILES string of the molecule is CN1CCCCC12CN(C(=O)OC(C)(C)C)C2. The van der Waals surface area contributed by atoms with Crippen molar-refractivity contribution in [1.82, 2.24) is 9.80 Å². The summed E-state index contributed by atoms with van der Waals surface area (Å²) in [6.45, 7) is 8.55. The predicted octanol–water partition coefficient (Wildman–Crippen LogP) is 2.09. The fraction of sp³-hybridized carbons (Fsp3) is 0.923. The van der Waals surface area contributed by atoms with Crippen LogP contribution >= 0.6 is 0 Å². The van der Waals surface area contributed by atoms with Crippen molar-refractivity contribution < 1.29 is 9.53 Å². The normalized spacial score (nSPS) is 24.6. The van der Waals surface area contributed by atoms with Crippen LogP contribution in [0.4, 0.5) is 4.79 Å². The van der Waals surface area contributed by atoms with Crippen molar-refractivity contribution in [1.29, 1.82) is 0 Å². The number of likely N-dealkylation sites (tertiary alicyclic amines) is 2. The molecule has 0 atom stereocenters. The maximum atomic E-state index is 11.9. The van der Waals surface area contributed by atoms with E-state index < -0.39 is 5.60 Å². The van der Waals surface area contributed by atoms with Gasteiger partial charge in [-0.2, -0.15) is 0 Å². The lowest BCUT2D eigenvalue weighted by atomic mass is 9.80. The Kier molecular flexibility index (Phi) is 3.10. The lowest BCUT2D eigenvalue weighted by Gasteiger charge is -2.56. The van der Waals surface area contributed by atoms with Crippen LogP contribution in [0.15, 0.2) is 0 Å².